The van der Waals surface area contributed by atoms with E-state index in [2.05, 4.69) is 10.0 Å². The van der Waals surface area contributed by atoms with Gasteiger partial charge in [0.2, 0.25) is 0 Å². The fraction of sp³-hybridized carbons (Fsp3) is 0.190. The number of sulfonamides is 1. The van der Waals surface area contributed by atoms with Crippen LogP contribution in [0.1, 0.15) is 22.2 Å². The molecular weight excluding hydrogens is 390 g/mol. The molecule has 1 atom stereocenters. The molecule has 0 aliphatic heterocycles. The minimum absolute atomic E-state index is 0.0830. The van der Waals surface area contributed by atoms with Gasteiger partial charge in [-0.1, -0.05) is 18.2 Å². The number of carbonyl (C=O) groups is 1. The second-order valence-electron chi connectivity index (χ2n) is 6.70. The lowest BCUT2D eigenvalue weighted by molar-refractivity contribution is 0.0939. The molecular formula is C21H23N3O4S. The highest BCUT2D eigenvalue weighted by Crippen LogP contribution is 2.19. The van der Waals surface area contributed by atoms with E-state index in [4.69, 9.17) is 4.42 Å². The van der Waals surface area contributed by atoms with Crippen LogP contribution in [0, 0.1) is 0 Å². The van der Waals surface area contributed by atoms with Crippen LogP contribution in [0.2, 0.25) is 0 Å². The van der Waals surface area contributed by atoms with Crippen molar-refractivity contribution in [1.82, 2.24) is 10.2 Å². The summed E-state index contributed by atoms with van der Waals surface area (Å²) in [6.45, 7) is 0.356. The predicted molar refractivity (Wildman–Crippen MR) is 111 cm³/mol. The van der Waals surface area contributed by atoms with Crippen molar-refractivity contribution >= 4 is 21.6 Å². The van der Waals surface area contributed by atoms with Crippen LogP contribution in [0.15, 0.2) is 82.3 Å². The highest BCUT2D eigenvalue weighted by atomic mass is 32.2. The number of benzene rings is 2. The number of carbonyl (C=O) groups excluding carboxylic acids is 1. The molecule has 7 nitrogen and oxygen atoms in total. The molecule has 2 N–H and O–H groups in total. The van der Waals surface area contributed by atoms with E-state index >= 15 is 0 Å². The molecule has 152 valence electrons. The van der Waals surface area contributed by atoms with Crippen LogP contribution < -0.4 is 10.0 Å². The first-order valence-corrected chi connectivity index (χ1v) is 10.5. The van der Waals surface area contributed by atoms with Gasteiger partial charge in [-0.3, -0.25) is 14.4 Å². The van der Waals surface area contributed by atoms with Gasteiger partial charge in [0.1, 0.15) is 5.76 Å². The van der Waals surface area contributed by atoms with Gasteiger partial charge in [-0.25, -0.2) is 8.42 Å². The summed E-state index contributed by atoms with van der Waals surface area (Å²) in [6.07, 6.45) is 1.59. The lowest BCUT2D eigenvalue weighted by atomic mass is 10.2. The van der Waals surface area contributed by atoms with Gasteiger partial charge in [-0.15, -0.1) is 0 Å². The highest BCUT2D eigenvalue weighted by molar-refractivity contribution is 7.92. The standard InChI is InChI=1S/C21H23N3O4S/c1-24(2)19(20-9-6-14-28-20)15-22-21(25)16-10-12-18(13-11-16)29(26,27)23-17-7-4-3-5-8-17/h3-14,19,23H,15H2,1-2H3,(H,22,25)/t19-/m0/s1. The summed E-state index contributed by atoms with van der Waals surface area (Å²) in [4.78, 5) is 14.5. The molecule has 8 heteroatoms. The van der Waals surface area contributed by atoms with Crippen molar-refractivity contribution in [2.24, 2.45) is 0 Å². The summed E-state index contributed by atoms with van der Waals surface area (Å²) in [5, 5.41) is 2.86. The van der Waals surface area contributed by atoms with E-state index in [1.807, 2.05) is 25.1 Å². The Morgan fingerprint density at radius 3 is 2.28 bits per heavy atom. The number of para-hydroxylation sites is 1. The molecule has 1 amide bonds. The summed E-state index contributed by atoms with van der Waals surface area (Å²) in [5.41, 5.74) is 0.850. The quantitative estimate of drug-likeness (QED) is 0.592. The van der Waals surface area contributed by atoms with Crippen molar-refractivity contribution < 1.29 is 17.6 Å². The van der Waals surface area contributed by atoms with Crippen LogP contribution in [-0.4, -0.2) is 39.9 Å². The van der Waals surface area contributed by atoms with Gasteiger partial charge in [0.05, 0.1) is 17.2 Å². The number of anilines is 1. The Morgan fingerprint density at radius 2 is 1.69 bits per heavy atom. The van der Waals surface area contributed by atoms with Gasteiger partial charge in [0, 0.05) is 17.8 Å². The van der Waals surface area contributed by atoms with Crippen molar-refractivity contribution in [3.05, 3.63) is 84.3 Å². The molecule has 1 aromatic heterocycles. The van der Waals surface area contributed by atoms with Crippen LogP contribution >= 0.6 is 0 Å². The number of likely N-dealkylation sites (N-methyl/N-ethyl adjacent to an activating group) is 1. The molecule has 29 heavy (non-hydrogen) atoms. The predicted octanol–water partition coefficient (Wildman–Crippen LogP) is 3.11. The number of amides is 1. The third kappa shape index (κ3) is 5.24. The Labute approximate surface area is 170 Å². The second-order valence-corrected chi connectivity index (χ2v) is 8.38. The minimum atomic E-state index is -3.72. The normalized spacial score (nSPS) is 12.5. The molecule has 1 heterocycles. The first kappa shape index (κ1) is 20.6. The Hall–Kier alpha value is -3.10. The third-order valence-corrected chi connectivity index (χ3v) is 5.80. The van der Waals surface area contributed by atoms with Crippen LogP contribution in [0.4, 0.5) is 5.69 Å². The average Bonchev–Trinajstić information content (AvgIpc) is 3.22. The number of hydrogen-bond donors (Lipinski definition) is 2. The largest absolute Gasteiger partial charge is 0.468 e. The van der Waals surface area contributed by atoms with Crippen LogP contribution in [0.5, 0.6) is 0 Å². The summed E-state index contributed by atoms with van der Waals surface area (Å²) in [5.74, 6) is 0.465. The fourth-order valence-corrected chi connectivity index (χ4v) is 3.87. The van der Waals surface area contributed by atoms with E-state index in [1.54, 1.807) is 42.7 Å². The zero-order valence-corrected chi connectivity index (χ0v) is 17.0. The van der Waals surface area contributed by atoms with E-state index in [-0.39, 0.29) is 16.8 Å². The molecule has 3 aromatic rings. The van der Waals surface area contributed by atoms with Crippen LogP contribution in [0.25, 0.3) is 0 Å². The van der Waals surface area contributed by atoms with Crippen molar-refractivity contribution in [2.75, 3.05) is 25.4 Å². The Bertz CT molecular complexity index is 1030. The maximum absolute atomic E-state index is 12.5. The molecule has 3 rings (SSSR count). The molecule has 0 aliphatic rings. The molecule has 0 saturated heterocycles. The van der Waals surface area contributed by atoms with Gasteiger partial charge >= 0.3 is 0 Å². The second kappa shape index (κ2) is 8.93. The SMILES string of the molecule is CN(C)[C@@H](CNC(=O)c1ccc(S(=O)(=O)Nc2ccccc2)cc1)c1ccco1. The third-order valence-electron chi connectivity index (χ3n) is 4.40. The summed E-state index contributed by atoms with van der Waals surface area (Å²) < 4.78 is 32.9. The molecule has 0 unspecified atom stereocenters. The van der Waals surface area contributed by atoms with Crippen LogP contribution in [-0.2, 0) is 10.0 Å². The smallest absolute Gasteiger partial charge is 0.261 e. The fourth-order valence-electron chi connectivity index (χ4n) is 2.82. The Kier molecular flexibility index (Phi) is 6.36. The molecule has 0 aliphatic carbocycles. The van der Waals surface area contributed by atoms with E-state index in [0.29, 0.717) is 17.8 Å². The van der Waals surface area contributed by atoms with Crippen LogP contribution in [0.3, 0.4) is 0 Å². The van der Waals surface area contributed by atoms with Crippen molar-refractivity contribution in [3.8, 4) is 0 Å². The molecule has 0 fully saturated rings. The van der Waals surface area contributed by atoms with Gasteiger partial charge in [-0.2, -0.15) is 0 Å². The summed E-state index contributed by atoms with van der Waals surface area (Å²) >= 11 is 0. The molecule has 0 bridgehead atoms. The Balaban J connectivity index is 1.65. The summed E-state index contributed by atoms with van der Waals surface area (Å²) in [7, 11) is 0.0799. The Morgan fingerprint density at radius 1 is 1.00 bits per heavy atom. The first-order valence-electron chi connectivity index (χ1n) is 9.03. The topological polar surface area (TPSA) is 91.7 Å². The number of rotatable bonds is 8. The maximum atomic E-state index is 12.5. The molecule has 0 saturated carbocycles. The first-order chi connectivity index (χ1) is 13.9. The highest BCUT2D eigenvalue weighted by Gasteiger charge is 2.19. The number of hydrogen-bond acceptors (Lipinski definition) is 5. The van der Waals surface area contributed by atoms with Crippen molar-refractivity contribution in [2.45, 2.75) is 10.9 Å². The number of furan rings is 1. The van der Waals surface area contributed by atoms with E-state index in [9.17, 15) is 13.2 Å². The van der Waals surface area contributed by atoms with Gasteiger partial charge < -0.3 is 9.73 Å². The zero-order valence-electron chi connectivity index (χ0n) is 16.2. The maximum Gasteiger partial charge on any atom is 0.261 e. The lowest BCUT2D eigenvalue weighted by Crippen LogP contribution is -2.34. The molecule has 0 spiro atoms. The lowest BCUT2D eigenvalue weighted by Gasteiger charge is -2.22. The minimum Gasteiger partial charge on any atom is -0.468 e. The monoisotopic (exact) mass is 413 g/mol. The van der Waals surface area contributed by atoms with E-state index in [0.717, 1.165) is 5.76 Å². The van der Waals surface area contributed by atoms with Gasteiger partial charge in [-0.05, 0) is 62.6 Å². The average molecular weight is 413 g/mol. The summed E-state index contributed by atoms with van der Waals surface area (Å²) in [6, 6.07) is 18.0. The molecule has 2 aromatic carbocycles. The van der Waals surface area contributed by atoms with Gasteiger partial charge in [0.25, 0.3) is 15.9 Å². The van der Waals surface area contributed by atoms with Crippen molar-refractivity contribution in [3.63, 3.8) is 0 Å². The van der Waals surface area contributed by atoms with E-state index in [1.165, 1.54) is 24.3 Å². The zero-order chi connectivity index (χ0) is 20.9. The molecule has 0 radical (unpaired) electrons. The number of nitrogens with one attached hydrogen (secondary N) is 2. The van der Waals surface area contributed by atoms with Gasteiger partial charge in [0.15, 0.2) is 0 Å². The van der Waals surface area contributed by atoms with E-state index < -0.39 is 10.0 Å². The number of nitrogens with zero attached hydrogens (tertiary/aromatic N) is 1. The van der Waals surface area contributed by atoms with Crippen molar-refractivity contribution in [1.29, 1.82) is 0 Å².